The number of carbonyl (C=O) groups is 1. The number of alkyl halides is 2. The van der Waals surface area contributed by atoms with E-state index in [1.807, 2.05) is 19.1 Å². The second-order valence-corrected chi connectivity index (χ2v) is 4.18. The average molecular weight is 231 g/mol. The van der Waals surface area contributed by atoms with Gasteiger partial charge in [0.25, 0.3) is 0 Å². The van der Waals surface area contributed by atoms with Crippen molar-refractivity contribution in [1.29, 1.82) is 0 Å². The van der Waals surface area contributed by atoms with Crippen LogP contribution in [0.15, 0.2) is 18.2 Å². The van der Waals surface area contributed by atoms with Crippen molar-refractivity contribution in [1.82, 2.24) is 0 Å². The standard InChI is InChI=1S/C11H12Cl2O/c1-7-5-9(11(14)8(2)13)3-4-10(7)6-12/h3-5,8H,6H2,1-2H3. The van der Waals surface area contributed by atoms with Crippen LogP contribution in [0.1, 0.15) is 28.4 Å². The van der Waals surface area contributed by atoms with Crippen LogP contribution in [-0.2, 0) is 5.88 Å². The summed E-state index contributed by atoms with van der Waals surface area (Å²) < 4.78 is 0. The normalized spacial score (nSPS) is 12.6. The molecule has 76 valence electrons. The average Bonchev–Trinajstić information content (AvgIpc) is 2.16. The fraction of sp³-hybridized carbons (Fsp3) is 0.364. The molecule has 1 rings (SSSR count). The van der Waals surface area contributed by atoms with Gasteiger partial charge in [-0.15, -0.1) is 23.2 Å². The highest BCUT2D eigenvalue weighted by Gasteiger charge is 2.12. The van der Waals surface area contributed by atoms with Gasteiger partial charge in [0.15, 0.2) is 5.78 Å². The van der Waals surface area contributed by atoms with Gasteiger partial charge in [0.2, 0.25) is 0 Å². The van der Waals surface area contributed by atoms with E-state index in [4.69, 9.17) is 23.2 Å². The Morgan fingerprint density at radius 3 is 2.57 bits per heavy atom. The van der Waals surface area contributed by atoms with Crippen LogP contribution in [0.2, 0.25) is 0 Å². The molecule has 0 aromatic heterocycles. The van der Waals surface area contributed by atoms with E-state index in [1.165, 1.54) is 0 Å². The fourth-order valence-corrected chi connectivity index (χ4v) is 1.65. The molecule has 0 aliphatic heterocycles. The van der Waals surface area contributed by atoms with Crippen LogP contribution >= 0.6 is 23.2 Å². The van der Waals surface area contributed by atoms with Gasteiger partial charge in [-0.25, -0.2) is 0 Å². The van der Waals surface area contributed by atoms with Gasteiger partial charge in [0.05, 0.1) is 5.38 Å². The highest BCUT2D eigenvalue weighted by Crippen LogP contribution is 2.15. The molecule has 0 saturated carbocycles. The Morgan fingerprint density at radius 2 is 2.14 bits per heavy atom. The molecule has 0 saturated heterocycles. The molecule has 0 amide bonds. The van der Waals surface area contributed by atoms with Crippen molar-refractivity contribution in [3.05, 3.63) is 34.9 Å². The lowest BCUT2D eigenvalue weighted by Crippen LogP contribution is -2.10. The maximum absolute atomic E-state index is 11.5. The fourth-order valence-electron chi connectivity index (χ4n) is 1.23. The summed E-state index contributed by atoms with van der Waals surface area (Å²) in [5, 5.41) is -0.476. The van der Waals surface area contributed by atoms with E-state index in [2.05, 4.69) is 0 Å². The van der Waals surface area contributed by atoms with E-state index in [-0.39, 0.29) is 5.78 Å². The van der Waals surface area contributed by atoms with Gasteiger partial charge in [0.1, 0.15) is 0 Å². The summed E-state index contributed by atoms with van der Waals surface area (Å²) in [6.07, 6.45) is 0. The number of aryl methyl sites for hydroxylation is 1. The summed E-state index contributed by atoms with van der Waals surface area (Å²) in [5.74, 6) is 0.424. The maximum atomic E-state index is 11.5. The van der Waals surface area contributed by atoms with Gasteiger partial charge in [-0.05, 0) is 31.0 Å². The first-order valence-electron chi connectivity index (χ1n) is 4.40. The minimum atomic E-state index is -0.476. The number of Topliss-reactive ketones (excluding diaryl/α,β-unsaturated/α-hetero) is 1. The molecule has 1 atom stereocenters. The van der Waals surface area contributed by atoms with Crippen LogP contribution in [0.4, 0.5) is 0 Å². The van der Waals surface area contributed by atoms with E-state index in [0.717, 1.165) is 11.1 Å². The molecule has 0 fully saturated rings. The van der Waals surface area contributed by atoms with E-state index in [9.17, 15) is 4.79 Å². The Morgan fingerprint density at radius 1 is 1.50 bits per heavy atom. The first kappa shape index (κ1) is 11.5. The van der Waals surface area contributed by atoms with Crippen molar-refractivity contribution in [3.8, 4) is 0 Å². The Balaban J connectivity index is 3.03. The predicted octanol–water partition coefficient (Wildman–Crippen LogP) is 3.54. The summed E-state index contributed by atoms with van der Waals surface area (Å²) in [7, 11) is 0. The molecular formula is C11H12Cl2O. The van der Waals surface area contributed by atoms with E-state index >= 15 is 0 Å². The van der Waals surface area contributed by atoms with E-state index in [0.29, 0.717) is 11.4 Å². The molecule has 3 heteroatoms. The third kappa shape index (κ3) is 2.49. The third-order valence-electron chi connectivity index (χ3n) is 2.13. The number of rotatable bonds is 3. The molecule has 0 bridgehead atoms. The Bertz CT molecular complexity index is 345. The highest BCUT2D eigenvalue weighted by molar-refractivity contribution is 6.33. The first-order valence-corrected chi connectivity index (χ1v) is 5.37. The summed E-state index contributed by atoms with van der Waals surface area (Å²) in [6.45, 7) is 3.61. The molecular weight excluding hydrogens is 219 g/mol. The molecule has 14 heavy (non-hydrogen) atoms. The molecule has 1 unspecified atom stereocenters. The van der Waals surface area contributed by atoms with Gasteiger partial charge >= 0.3 is 0 Å². The monoisotopic (exact) mass is 230 g/mol. The van der Waals surface area contributed by atoms with Crippen molar-refractivity contribution < 1.29 is 4.79 Å². The van der Waals surface area contributed by atoms with Crippen LogP contribution in [-0.4, -0.2) is 11.2 Å². The highest BCUT2D eigenvalue weighted by atomic mass is 35.5. The minimum absolute atomic E-state index is 0.0455. The van der Waals surface area contributed by atoms with Crippen molar-refractivity contribution in [2.24, 2.45) is 0 Å². The van der Waals surface area contributed by atoms with Gasteiger partial charge in [0, 0.05) is 11.4 Å². The summed E-state index contributed by atoms with van der Waals surface area (Å²) >= 11 is 11.4. The summed E-state index contributed by atoms with van der Waals surface area (Å²) in [6, 6.07) is 5.47. The summed E-state index contributed by atoms with van der Waals surface area (Å²) in [4.78, 5) is 11.5. The van der Waals surface area contributed by atoms with E-state index < -0.39 is 5.38 Å². The Labute approximate surface area is 94.0 Å². The van der Waals surface area contributed by atoms with Crippen LogP contribution in [0.3, 0.4) is 0 Å². The number of hydrogen-bond acceptors (Lipinski definition) is 1. The van der Waals surface area contributed by atoms with Gasteiger partial charge < -0.3 is 0 Å². The molecule has 0 aliphatic rings. The smallest absolute Gasteiger partial charge is 0.180 e. The lowest BCUT2D eigenvalue weighted by atomic mass is 10.0. The molecule has 0 heterocycles. The van der Waals surface area contributed by atoms with Crippen molar-refractivity contribution in [2.75, 3.05) is 0 Å². The quantitative estimate of drug-likeness (QED) is 0.574. The second-order valence-electron chi connectivity index (χ2n) is 3.26. The zero-order chi connectivity index (χ0) is 10.7. The number of hydrogen-bond donors (Lipinski definition) is 0. The molecule has 0 spiro atoms. The molecule has 1 aromatic rings. The Hall–Kier alpha value is -0.530. The van der Waals surface area contributed by atoms with Gasteiger partial charge in [-0.3, -0.25) is 4.79 Å². The van der Waals surface area contributed by atoms with Crippen LogP contribution in [0.25, 0.3) is 0 Å². The number of benzene rings is 1. The zero-order valence-corrected chi connectivity index (χ0v) is 9.69. The molecule has 0 aliphatic carbocycles. The topological polar surface area (TPSA) is 17.1 Å². The van der Waals surface area contributed by atoms with Crippen molar-refractivity contribution >= 4 is 29.0 Å². The van der Waals surface area contributed by atoms with Crippen LogP contribution in [0.5, 0.6) is 0 Å². The number of carbonyl (C=O) groups excluding carboxylic acids is 1. The molecule has 1 nitrogen and oxygen atoms in total. The second kappa shape index (κ2) is 4.81. The summed E-state index contributed by atoms with van der Waals surface area (Å²) in [5.41, 5.74) is 2.73. The first-order chi connectivity index (χ1) is 6.56. The predicted molar refractivity (Wildman–Crippen MR) is 60.4 cm³/mol. The number of halogens is 2. The van der Waals surface area contributed by atoms with Gasteiger partial charge in [-0.1, -0.05) is 12.1 Å². The minimum Gasteiger partial charge on any atom is -0.293 e. The van der Waals surface area contributed by atoms with Crippen LogP contribution < -0.4 is 0 Å². The van der Waals surface area contributed by atoms with Crippen molar-refractivity contribution in [2.45, 2.75) is 25.1 Å². The van der Waals surface area contributed by atoms with E-state index in [1.54, 1.807) is 13.0 Å². The van der Waals surface area contributed by atoms with Gasteiger partial charge in [-0.2, -0.15) is 0 Å². The largest absolute Gasteiger partial charge is 0.293 e. The lowest BCUT2D eigenvalue weighted by Gasteiger charge is -2.06. The SMILES string of the molecule is Cc1cc(C(=O)C(C)Cl)ccc1CCl. The zero-order valence-electron chi connectivity index (χ0n) is 8.18. The molecule has 0 radical (unpaired) electrons. The Kier molecular flexibility index (Phi) is 3.97. The van der Waals surface area contributed by atoms with Crippen LogP contribution in [0, 0.1) is 6.92 Å². The van der Waals surface area contributed by atoms with Crippen molar-refractivity contribution in [3.63, 3.8) is 0 Å². The maximum Gasteiger partial charge on any atom is 0.180 e. The third-order valence-corrected chi connectivity index (χ3v) is 2.62. The lowest BCUT2D eigenvalue weighted by molar-refractivity contribution is 0.0991. The molecule has 1 aromatic carbocycles. The molecule has 0 N–H and O–H groups in total. The number of ketones is 1.